The third kappa shape index (κ3) is 5.84. The molecule has 6 heteroatoms. The number of phenolic OH excluding ortho intramolecular Hbond substituents is 2. The first kappa shape index (κ1) is 21.3. The summed E-state index contributed by atoms with van der Waals surface area (Å²) in [5, 5.41) is 23.0. The van der Waals surface area contributed by atoms with Crippen LogP contribution in [0.25, 0.3) is 0 Å². The minimum Gasteiger partial charge on any atom is -0.508 e. The van der Waals surface area contributed by atoms with Crippen LogP contribution in [0.2, 0.25) is 0 Å². The molecule has 0 aromatic heterocycles. The molecule has 1 saturated heterocycles. The van der Waals surface area contributed by atoms with Gasteiger partial charge in [0.2, 0.25) is 0 Å². The van der Waals surface area contributed by atoms with Crippen molar-refractivity contribution < 1.29 is 10.2 Å². The van der Waals surface area contributed by atoms with Gasteiger partial charge < -0.3 is 15.5 Å². The zero-order valence-corrected chi connectivity index (χ0v) is 14.9. The maximum Gasteiger partial charge on any atom is 0.124 e. The predicted octanol–water partition coefficient (Wildman–Crippen LogP) is 3.32. The highest BCUT2D eigenvalue weighted by Crippen LogP contribution is 2.35. The standard InChI is InChI=1S/C16H26N2O2.2ClH/c1-12(2)3-6-15(18-9-7-17-8-10-18)14-5-4-13(19)11-16(14)20;;/h4-5,11-12,15,17,19-20H,3,6-10H2,1-2H3;2*1H/t15-;;/m0../s1. The van der Waals surface area contributed by atoms with E-state index in [0.717, 1.165) is 44.6 Å². The Labute approximate surface area is 145 Å². The molecule has 1 fully saturated rings. The summed E-state index contributed by atoms with van der Waals surface area (Å²) in [6, 6.07) is 5.21. The van der Waals surface area contributed by atoms with Gasteiger partial charge in [-0.25, -0.2) is 0 Å². The van der Waals surface area contributed by atoms with Crippen molar-refractivity contribution in [3.8, 4) is 11.5 Å². The molecule has 0 unspecified atom stereocenters. The van der Waals surface area contributed by atoms with Gasteiger partial charge in [-0.2, -0.15) is 0 Å². The molecule has 1 heterocycles. The number of nitrogens with zero attached hydrogens (tertiary/aromatic N) is 1. The lowest BCUT2D eigenvalue weighted by Crippen LogP contribution is -2.45. The third-order valence-electron chi connectivity index (χ3n) is 3.98. The lowest BCUT2D eigenvalue weighted by atomic mass is 9.95. The second-order valence-corrected chi connectivity index (χ2v) is 6.02. The van der Waals surface area contributed by atoms with Crippen LogP contribution in [0, 0.1) is 5.92 Å². The van der Waals surface area contributed by atoms with Gasteiger partial charge in [0.15, 0.2) is 0 Å². The summed E-state index contributed by atoms with van der Waals surface area (Å²) < 4.78 is 0. The number of benzene rings is 1. The number of piperazine rings is 1. The van der Waals surface area contributed by atoms with E-state index in [1.54, 1.807) is 6.07 Å². The molecule has 1 aromatic rings. The van der Waals surface area contributed by atoms with Crippen LogP contribution in [-0.4, -0.2) is 41.3 Å². The van der Waals surface area contributed by atoms with E-state index >= 15 is 0 Å². The summed E-state index contributed by atoms with van der Waals surface area (Å²) in [5.74, 6) is 0.978. The van der Waals surface area contributed by atoms with Crippen LogP contribution in [0.3, 0.4) is 0 Å². The van der Waals surface area contributed by atoms with Crippen LogP contribution >= 0.6 is 24.8 Å². The molecule has 0 saturated carbocycles. The number of aromatic hydroxyl groups is 2. The summed E-state index contributed by atoms with van der Waals surface area (Å²) >= 11 is 0. The molecule has 0 amide bonds. The minimum atomic E-state index is 0. The topological polar surface area (TPSA) is 55.7 Å². The fourth-order valence-electron chi connectivity index (χ4n) is 2.83. The summed E-state index contributed by atoms with van der Waals surface area (Å²) in [5.41, 5.74) is 0.936. The third-order valence-corrected chi connectivity index (χ3v) is 3.98. The predicted molar refractivity (Wildman–Crippen MR) is 95.5 cm³/mol. The van der Waals surface area contributed by atoms with Crippen molar-refractivity contribution >= 4 is 24.8 Å². The smallest absolute Gasteiger partial charge is 0.124 e. The summed E-state index contributed by atoms with van der Waals surface area (Å²) in [4.78, 5) is 2.44. The molecule has 4 nitrogen and oxygen atoms in total. The molecule has 1 aromatic carbocycles. The number of rotatable bonds is 5. The van der Waals surface area contributed by atoms with Gasteiger partial charge >= 0.3 is 0 Å². The largest absolute Gasteiger partial charge is 0.508 e. The highest BCUT2D eigenvalue weighted by Gasteiger charge is 2.24. The fourth-order valence-corrected chi connectivity index (χ4v) is 2.83. The molecule has 1 aliphatic rings. The zero-order chi connectivity index (χ0) is 14.5. The minimum absolute atomic E-state index is 0. The summed E-state index contributed by atoms with van der Waals surface area (Å²) in [7, 11) is 0. The average Bonchev–Trinajstić information content (AvgIpc) is 2.42. The van der Waals surface area contributed by atoms with Gasteiger partial charge in [-0.05, 0) is 24.8 Å². The van der Waals surface area contributed by atoms with E-state index in [0.29, 0.717) is 5.92 Å². The van der Waals surface area contributed by atoms with E-state index in [1.165, 1.54) is 6.07 Å². The first-order valence-corrected chi connectivity index (χ1v) is 7.54. The summed E-state index contributed by atoms with van der Waals surface area (Å²) in [6.07, 6.45) is 2.17. The Morgan fingerprint density at radius 1 is 1.09 bits per heavy atom. The van der Waals surface area contributed by atoms with Crippen LogP contribution in [0.5, 0.6) is 11.5 Å². The Balaban J connectivity index is 0.00000220. The second kappa shape index (κ2) is 10.2. The highest BCUT2D eigenvalue weighted by atomic mass is 35.5. The van der Waals surface area contributed by atoms with Crippen molar-refractivity contribution in [2.45, 2.75) is 32.7 Å². The van der Waals surface area contributed by atoms with Crippen molar-refractivity contribution in [1.82, 2.24) is 10.2 Å². The normalized spacial score (nSPS) is 16.7. The van der Waals surface area contributed by atoms with E-state index in [4.69, 9.17) is 0 Å². The van der Waals surface area contributed by atoms with Gasteiger partial charge in [0.25, 0.3) is 0 Å². The number of halogens is 2. The molecule has 3 N–H and O–H groups in total. The van der Waals surface area contributed by atoms with Crippen LogP contribution < -0.4 is 5.32 Å². The molecule has 0 radical (unpaired) electrons. The van der Waals surface area contributed by atoms with Crippen LogP contribution in [0.1, 0.15) is 38.3 Å². The number of hydrogen-bond acceptors (Lipinski definition) is 4. The molecule has 22 heavy (non-hydrogen) atoms. The Kier molecular flexibility index (Phi) is 9.85. The molecule has 128 valence electrons. The maximum atomic E-state index is 10.2. The Morgan fingerprint density at radius 2 is 1.73 bits per heavy atom. The number of hydrogen-bond donors (Lipinski definition) is 3. The average molecular weight is 351 g/mol. The van der Waals surface area contributed by atoms with Gasteiger partial charge in [0, 0.05) is 43.9 Å². The number of nitrogens with one attached hydrogen (secondary N) is 1. The van der Waals surface area contributed by atoms with Crippen molar-refractivity contribution in [1.29, 1.82) is 0 Å². The summed E-state index contributed by atoms with van der Waals surface area (Å²) in [6.45, 7) is 8.46. The molecular weight excluding hydrogens is 323 g/mol. The van der Waals surface area contributed by atoms with E-state index in [1.807, 2.05) is 6.07 Å². The van der Waals surface area contributed by atoms with Gasteiger partial charge in [-0.3, -0.25) is 4.90 Å². The molecule has 1 atom stereocenters. The van der Waals surface area contributed by atoms with Gasteiger partial charge in [-0.15, -0.1) is 24.8 Å². The quantitative estimate of drug-likeness (QED) is 0.762. The first-order valence-electron chi connectivity index (χ1n) is 7.54. The van der Waals surface area contributed by atoms with Crippen LogP contribution in [0.4, 0.5) is 0 Å². The van der Waals surface area contributed by atoms with Gasteiger partial charge in [0.05, 0.1) is 0 Å². The SMILES string of the molecule is CC(C)CC[C@@H](c1ccc(O)cc1O)N1CCNCC1.Cl.Cl. The molecule has 0 spiro atoms. The van der Waals surface area contributed by atoms with Gasteiger partial charge in [0.1, 0.15) is 11.5 Å². The van der Waals surface area contributed by atoms with Crippen molar-refractivity contribution in [2.24, 2.45) is 5.92 Å². The monoisotopic (exact) mass is 350 g/mol. The zero-order valence-electron chi connectivity index (χ0n) is 13.3. The molecule has 2 rings (SSSR count). The molecule has 1 aliphatic heterocycles. The maximum absolute atomic E-state index is 10.2. The lowest BCUT2D eigenvalue weighted by Gasteiger charge is -2.36. The van der Waals surface area contributed by atoms with Crippen LogP contribution in [0.15, 0.2) is 18.2 Å². The second-order valence-electron chi connectivity index (χ2n) is 6.02. The Morgan fingerprint density at radius 3 is 2.27 bits per heavy atom. The first-order chi connectivity index (χ1) is 9.58. The van der Waals surface area contributed by atoms with E-state index in [9.17, 15) is 10.2 Å². The van der Waals surface area contributed by atoms with E-state index < -0.39 is 0 Å². The van der Waals surface area contributed by atoms with Crippen molar-refractivity contribution in [2.75, 3.05) is 26.2 Å². The Hall–Kier alpha value is -0.680. The molecule has 0 bridgehead atoms. The van der Waals surface area contributed by atoms with Crippen molar-refractivity contribution in [3.63, 3.8) is 0 Å². The van der Waals surface area contributed by atoms with E-state index in [-0.39, 0.29) is 42.4 Å². The Bertz CT molecular complexity index is 438. The fraction of sp³-hybridized carbons (Fsp3) is 0.625. The number of phenols is 2. The lowest BCUT2D eigenvalue weighted by molar-refractivity contribution is 0.157. The highest BCUT2D eigenvalue weighted by molar-refractivity contribution is 5.85. The molecule has 0 aliphatic carbocycles. The van der Waals surface area contributed by atoms with Crippen molar-refractivity contribution in [3.05, 3.63) is 23.8 Å². The molecular formula is C16H28Cl2N2O2. The van der Waals surface area contributed by atoms with Crippen LogP contribution in [-0.2, 0) is 0 Å². The van der Waals surface area contributed by atoms with Gasteiger partial charge in [-0.1, -0.05) is 19.9 Å². The van der Waals surface area contributed by atoms with E-state index in [2.05, 4.69) is 24.1 Å².